The van der Waals surface area contributed by atoms with Gasteiger partial charge in [-0.15, -0.1) is 0 Å². The van der Waals surface area contributed by atoms with Gasteiger partial charge in [-0.2, -0.15) is 0 Å². The van der Waals surface area contributed by atoms with E-state index in [1.807, 2.05) is 0 Å². The molecule has 22 heavy (non-hydrogen) atoms. The van der Waals surface area contributed by atoms with Crippen LogP contribution in [0.25, 0.3) is 12.2 Å². The highest BCUT2D eigenvalue weighted by molar-refractivity contribution is 7.95. The molecule has 0 aromatic heterocycles. The topological polar surface area (TPSA) is 0 Å². The van der Waals surface area contributed by atoms with Gasteiger partial charge in [0.2, 0.25) is 0 Å². The van der Waals surface area contributed by atoms with Crippen LogP contribution in [0.15, 0.2) is 48.5 Å². The monoisotopic (exact) mass is 330 g/mol. The molecule has 0 N–H and O–H groups in total. The molecule has 0 bridgehead atoms. The molecule has 0 saturated carbocycles. The first kappa shape index (κ1) is 17.2. The van der Waals surface area contributed by atoms with Gasteiger partial charge in [-0.3, -0.25) is 0 Å². The zero-order valence-corrected chi connectivity index (χ0v) is 15.6. The van der Waals surface area contributed by atoms with Gasteiger partial charge in [0, 0.05) is 11.1 Å². The van der Waals surface area contributed by atoms with Gasteiger partial charge < -0.3 is 0 Å². The zero-order valence-electron chi connectivity index (χ0n) is 14.0. The largest absolute Gasteiger partial charge is 0.132 e. The first-order chi connectivity index (χ1) is 10.5. The normalized spacial score (nSPS) is 11.7. The van der Waals surface area contributed by atoms with Gasteiger partial charge in [0.05, 0.1) is 25.0 Å². The van der Waals surface area contributed by atoms with Crippen LogP contribution >= 0.6 is 0 Å². The van der Waals surface area contributed by atoms with Crippen LogP contribution < -0.4 is 0 Å². The number of hydrogen-bond acceptors (Lipinski definition) is 0. The molecule has 0 radical (unpaired) electrons. The average molecular weight is 331 g/mol. The second-order valence-corrected chi connectivity index (χ2v) is 10.6. The lowest BCUT2D eigenvalue weighted by atomic mass is 10.1. The van der Waals surface area contributed by atoms with Crippen molar-refractivity contribution in [2.24, 2.45) is 0 Å². The quantitative estimate of drug-likeness (QED) is 0.536. The predicted octanol–water partition coefficient (Wildman–Crippen LogP) is 4.61. The van der Waals surface area contributed by atoms with Gasteiger partial charge in [0.15, 0.2) is 0 Å². The molecule has 0 aliphatic heterocycles. The Morgan fingerprint density at radius 1 is 0.591 bits per heavy atom. The molecule has 0 aliphatic rings. The fraction of sp³-hybridized carbons (Fsp3) is 0.300. The minimum Gasteiger partial charge on any atom is -0.0545 e. The van der Waals surface area contributed by atoms with Gasteiger partial charge >= 0.3 is 0 Å². The Morgan fingerprint density at radius 3 is 1.18 bits per heavy atom. The van der Waals surface area contributed by atoms with Crippen LogP contribution in [0.2, 0.25) is 0 Å². The number of benzene rings is 2. The zero-order chi connectivity index (χ0) is 15.9. The highest BCUT2D eigenvalue weighted by Crippen LogP contribution is 2.13. The summed E-state index contributed by atoms with van der Waals surface area (Å²) in [6.45, 7) is 0. The van der Waals surface area contributed by atoms with Crippen LogP contribution in [0.5, 0.6) is 0 Å². The highest BCUT2D eigenvalue weighted by atomic mass is 32.2. The number of hydrogen-bond donors (Lipinski definition) is 0. The highest BCUT2D eigenvalue weighted by Gasteiger charge is 2.04. The van der Waals surface area contributed by atoms with Crippen LogP contribution in [0, 0.1) is 0 Å². The summed E-state index contributed by atoms with van der Waals surface area (Å²) in [6.07, 6.45) is 13.5. The molecule has 2 aromatic rings. The summed E-state index contributed by atoms with van der Waals surface area (Å²) < 4.78 is 0. The second kappa shape index (κ2) is 8.50. The van der Waals surface area contributed by atoms with E-state index < -0.39 is 0 Å². The van der Waals surface area contributed by atoms with Gasteiger partial charge in [0.25, 0.3) is 0 Å². The summed E-state index contributed by atoms with van der Waals surface area (Å²) in [5, 5.41) is 0. The molecule has 0 aliphatic carbocycles. The third-order valence-electron chi connectivity index (χ3n) is 3.34. The van der Waals surface area contributed by atoms with Gasteiger partial charge in [0.1, 0.15) is 11.5 Å². The van der Waals surface area contributed by atoms with E-state index in [-0.39, 0.29) is 0 Å². The fourth-order valence-corrected chi connectivity index (χ4v) is 4.03. The first-order valence-electron chi connectivity index (χ1n) is 7.47. The summed E-state index contributed by atoms with van der Waals surface area (Å²) >= 11 is 0. The smallest absolute Gasteiger partial charge is 0.0545 e. The Bertz CT molecular complexity index is 537. The van der Waals surface area contributed by atoms with E-state index >= 15 is 0 Å². The maximum absolute atomic E-state index is 2.29. The van der Waals surface area contributed by atoms with Crippen LogP contribution in [0.1, 0.15) is 22.3 Å². The van der Waals surface area contributed by atoms with Crippen LogP contribution in [-0.2, 0) is 33.3 Å². The maximum atomic E-state index is 2.29. The molecule has 2 aromatic carbocycles. The minimum absolute atomic E-state index is 0.469. The van der Waals surface area contributed by atoms with Crippen molar-refractivity contribution in [2.45, 2.75) is 11.5 Å². The molecule has 0 amide bonds. The summed E-state index contributed by atoms with van der Waals surface area (Å²) in [5.41, 5.74) is 5.40. The molecule has 0 saturated heterocycles. The first-order valence-corrected chi connectivity index (χ1v) is 11.9. The molecule has 2 rings (SSSR count). The van der Waals surface area contributed by atoms with E-state index in [4.69, 9.17) is 0 Å². The molecule has 0 nitrogen and oxygen atoms in total. The third kappa shape index (κ3) is 5.94. The predicted molar refractivity (Wildman–Crippen MR) is 108 cm³/mol. The van der Waals surface area contributed by atoms with Crippen molar-refractivity contribution < 1.29 is 0 Å². The molecule has 116 valence electrons. The summed E-state index contributed by atoms with van der Waals surface area (Å²) in [4.78, 5) is 0. The summed E-state index contributed by atoms with van der Waals surface area (Å²) in [6, 6.07) is 17.9. The molecular weight excluding hydrogens is 304 g/mol. The van der Waals surface area contributed by atoms with E-state index in [0.29, 0.717) is 21.8 Å². The number of rotatable bonds is 6. The lowest BCUT2D eigenvalue weighted by Gasteiger charge is -2.01. The lowest BCUT2D eigenvalue weighted by Crippen LogP contribution is -1.99. The van der Waals surface area contributed by atoms with Crippen molar-refractivity contribution in [1.29, 1.82) is 0 Å². The molecule has 0 spiro atoms. The molecule has 2 heteroatoms. The Hall–Kier alpha value is -1.12. The van der Waals surface area contributed by atoms with Crippen molar-refractivity contribution in [3.05, 3.63) is 70.8 Å². The molecule has 0 atom stereocenters. The summed E-state index contributed by atoms with van der Waals surface area (Å²) in [5.74, 6) is 2.37. The molecule has 0 unspecified atom stereocenters. The van der Waals surface area contributed by atoms with Crippen molar-refractivity contribution >= 4 is 33.9 Å². The SMILES string of the molecule is C[S+](C)Cc1ccc(/C=C/c2ccc(C[S+](C)C)cc2)cc1. The Balaban J connectivity index is 1.99. The Kier molecular flexibility index (Phi) is 6.66. The Labute approximate surface area is 141 Å². The molecular formula is C20H26S2+2. The second-order valence-electron chi connectivity index (χ2n) is 6.08. The maximum Gasteiger partial charge on any atom is 0.132 e. The van der Waals surface area contributed by atoms with Crippen LogP contribution in [0.4, 0.5) is 0 Å². The van der Waals surface area contributed by atoms with Crippen molar-refractivity contribution in [2.75, 3.05) is 25.0 Å². The van der Waals surface area contributed by atoms with E-state index in [9.17, 15) is 0 Å². The van der Waals surface area contributed by atoms with E-state index in [1.54, 1.807) is 0 Å². The van der Waals surface area contributed by atoms with Crippen molar-refractivity contribution in [1.82, 2.24) is 0 Å². The van der Waals surface area contributed by atoms with Gasteiger partial charge in [-0.05, 0) is 32.9 Å². The van der Waals surface area contributed by atoms with Crippen molar-refractivity contribution in [3.8, 4) is 0 Å². The fourth-order valence-electron chi connectivity index (χ4n) is 2.31. The van der Waals surface area contributed by atoms with Crippen molar-refractivity contribution in [3.63, 3.8) is 0 Å². The molecule has 0 fully saturated rings. The lowest BCUT2D eigenvalue weighted by molar-refractivity contribution is 1.40. The van der Waals surface area contributed by atoms with E-state index in [0.717, 1.165) is 0 Å². The minimum atomic E-state index is 0.469. The summed E-state index contributed by atoms with van der Waals surface area (Å²) in [7, 11) is 0.938. The van der Waals surface area contributed by atoms with E-state index in [2.05, 4.69) is 85.7 Å². The van der Waals surface area contributed by atoms with Crippen LogP contribution in [0.3, 0.4) is 0 Å². The molecule has 0 heterocycles. The van der Waals surface area contributed by atoms with E-state index in [1.165, 1.54) is 33.8 Å². The Morgan fingerprint density at radius 2 is 0.909 bits per heavy atom. The van der Waals surface area contributed by atoms with Gasteiger partial charge in [-0.1, -0.05) is 60.7 Å². The van der Waals surface area contributed by atoms with Crippen LogP contribution in [-0.4, -0.2) is 25.0 Å². The van der Waals surface area contributed by atoms with Gasteiger partial charge in [-0.25, -0.2) is 0 Å². The average Bonchev–Trinajstić information content (AvgIpc) is 2.47. The third-order valence-corrected chi connectivity index (χ3v) is 5.16. The standard InChI is InChI=1S/C20H26S2/c1-21(2)15-19-11-7-17(8-12-19)5-6-18-9-13-20(14-10-18)16-22(3)4/h5-14H,15-16H2,1-4H3/q+2/b6-5+.